The van der Waals surface area contributed by atoms with Gasteiger partial charge in [-0.1, -0.05) is 31.9 Å². The van der Waals surface area contributed by atoms with Crippen LogP contribution >= 0.6 is 11.6 Å². The molecule has 0 aliphatic heterocycles. The Kier molecular flexibility index (Phi) is 5.32. The molecule has 0 heterocycles. The topological polar surface area (TPSA) is 92.4 Å². The summed E-state index contributed by atoms with van der Waals surface area (Å²) in [5.41, 5.74) is 6.10. The second kappa shape index (κ2) is 6.54. The minimum atomic E-state index is -1.08. The van der Waals surface area contributed by atoms with Crippen molar-refractivity contribution in [3.05, 3.63) is 28.8 Å². The van der Waals surface area contributed by atoms with E-state index in [1.165, 1.54) is 18.2 Å². The molecule has 4 N–H and O–H groups in total. The van der Waals surface area contributed by atoms with Crippen molar-refractivity contribution in [2.45, 2.75) is 26.3 Å². The average molecular weight is 285 g/mol. The van der Waals surface area contributed by atoms with Gasteiger partial charge in [0.25, 0.3) is 0 Å². The highest BCUT2D eigenvalue weighted by atomic mass is 35.5. The minimum absolute atomic E-state index is 0.0291. The molecule has 104 valence electrons. The highest BCUT2D eigenvalue weighted by molar-refractivity contribution is 6.33. The van der Waals surface area contributed by atoms with Crippen LogP contribution < -0.4 is 11.1 Å². The van der Waals surface area contributed by atoms with Crippen LogP contribution in [0.4, 0.5) is 5.69 Å². The molecule has 0 fully saturated rings. The molecule has 2 atom stereocenters. The summed E-state index contributed by atoms with van der Waals surface area (Å²) in [6.07, 6.45) is 0.775. The summed E-state index contributed by atoms with van der Waals surface area (Å²) in [6, 6.07) is 3.45. The van der Waals surface area contributed by atoms with E-state index in [1.807, 2.05) is 13.8 Å². The Morgan fingerprint density at radius 1 is 1.47 bits per heavy atom. The highest BCUT2D eigenvalue weighted by Gasteiger charge is 2.20. The van der Waals surface area contributed by atoms with Gasteiger partial charge in [0.05, 0.1) is 22.3 Å². The lowest BCUT2D eigenvalue weighted by Crippen LogP contribution is -2.40. The van der Waals surface area contributed by atoms with Gasteiger partial charge < -0.3 is 16.2 Å². The van der Waals surface area contributed by atoms with E-state index in [-0.39, 0.29) is 28.1 Å². The van der Waals surface area contributed by atoms with Gasteiger partial charge in [0.15, 0.2) is 0 Å². The van der Waals surface area contributed by atoms with Gasteiger partial charge in [-0.3, -0.25) is 4.79 Å². The molecule has 0 radical (unpaired) electrons. The van der Waals surface area contributed by atoms with Crippen LogP contribution in [-0.2, 0) is 4.79 Å². The molecule has 1 rings (SSSR count). The number of rotatable bonds is 5. The zero-order chi connectivity index (χ0) is 14.6. The number of carbonyl (C=O) groups is 2. The first kappa shape index (κ1) is 15.5. The summed E-state index contributed by atoms with van der Waals surface area (Å²) < 4.78 is 0. The first-order valence-electron chi connectivity index (χ1n) is 5.96. The maximum atomic E-state index is 11.9. The quantitative estimate of drug-likeness (QED) is 0.774. The maximum absolute atomic E-state index is 11.9. The van der Waals surface area contributed by atoms with Crippen molar-refractivity contribution >= 4 is 29.2 Å². The molecule has 0 aliphatic rings. The van der Waals surface area contributed by atoms with Crippen LogP contribution in [0.2, 0.25) is 5.02 Å². The van der Waals surface area contributed by atoms with E-state index in [1.54, 1.807) is 0 Å². The molecule has 6 heteroatoms. The second-order valence-electron chi connectivity index (χ2n) is 4.40. The maximum Gasteiger partial charge on any atom is 0.335 e. The highest BCUT2D eigenvalue weighted by Crippen LogP contribution is 2.23. The van der Waals surface area contributed by atoms with Crippen LogP contribution in [0.3, 0.4) is 0 Å². The van der Waals surface area contributed by atoms with Gasteiger partial charge in [0.2, 0.25) is 5.91 Å². The van der Waals surface area contributed by atoms with Crippen LogP contribution in [0.15, 0.2) is 18.2 Å². The number of carbonyl (C=O) groups excluding carboxylic acids is 1. The molecular weight excluding hydrogens is 268 g/mol. The number of anilines is 1. The number of nitrogens with two attached hydrogens (primary N) is 1. The van der Waals surface area contributed by atoms with Crippen molar-refractivity contribution in [3.8, 4) is 0 Å². The van der Waals surface area contributed by atoms with Gasteiger partial charge in [-0.15, -0.1) is 0 Å². The molecule has 0 unspecified atom stereocenters. The van der Waals surface area contributed by atoms with Crippen molar-refractivity contribution in [3.63, 3.8) is 0 Å². The summed E-state index contributed by atoms with van der Waals surface area (Å²) in [6.45, 7) is 3.81. The van der Waals surface area contributed by atoms with E-state index in [2.05, 4.69) is 5.32 Å². The number of hydrogen-bond acceptors (Lipinski definition) is 3. The largest absolute Gasteiger partial charge is 0.478 e. The van der Waals surface area contributed by atoms with E-state index < -0.39 is 12.0 Å². The first-order chi connectivity index (χ1) is 8.86. The third kappa shape index (κ3) is 3.94. The van der Waals surface area contributed by atoms with Crippen LogP contribution in [0.1, 0.15) is 30.6 Å². The molecular formula is C13H17ClN2O3. The Bertz CT molecular complexity index is 491. The Hall–Kier alpha value is -1.59. The molecule has 5 nitrogen and oxygen atoms in total. The van der Waals surface area contributed by atoms with Crippen molar-refractivity contribution in [1.29, 1.82) is 0 Å². The standard InChI is InChI=1S/C13H17ClN2O3/c1-3-7(2)11(15)12(17)16-10-6-8(13(18)19)4-5-9(10)14/h4-7,11H,3,15H2,1-2H3,(H,16,17)(H,18,19)/t7-,11-/m0/s1. The number of nitrogens with one attached hydrogen (secondary N) is 1. The van der Waals surface area contributed by atoms with Crippen LogP contribution in [0, 0.1) is 5.92 Å². The lowest BCUT2D eigenvalue weighted by molar-refractivity contribution is -0.118. The fourth-order valence-corrected chi connectivity index (χ4v) is 1.65. The summed E-state index contributed by atoms with van der Waals surface area (Å²) in [5, 5.41) is 11.7. The molecule has 0 spiro atoms. The number of halogens is 1. The molecule has 19 heavy (non-hydrogen) atoms. The molecule has 1 amide bonds. The lowest BCUT2D eigenvalue weighted by atomic mass is 9.99. The predicted molar refractivity (Wildman–Crippen MR) is 74.5 cm³/mol. The molecule has 0 aliphatic carbocycles. The van der Waals surface area contributed by atoms with Gasteiger partial charge in [-0.25, -0.2) is 4.79 Å². The Balaban J connectivity index is 2.90. The number of carboxylic acid groups (broad SMARTS) is 1. The van der Waals surface area contributed by atoms with E-state index in [4.69, 9.17) is 22.4 Å². The van der Waals surface area contributed by atoms with Crippen LogP contribution in [0.25, 0.3) is 0 Å². The zero-order valence-electron chi connectivity index (χ0n) is 10.8. The second-order valence-corrected chi connectivity index (χ2v) is 4.81. The van der Waals surface area contributed by atoms with Crippen molar-refractivity contribution < 1.29 is 14.7 Å². The van der Waals surface area contributed by atoms with E-state index in [0.717, 1.165) is 6.42 Å². The monoisotopic (exact) mass is 284 g/mol. The lowest BCUT2D eigenvalue weighted by Gasteiger charge is -2.18. The molecule has 1 aromatic carbocycles. The van der Waals surface area contributed by atoms with Crippen LogP contribution in [0.5, 0.6) is 0 Å². The van der Waals surface area contributed by atoms with Gasteiger partial charge in [-0.05, 0) is 24.1 Å². The Morgan fingerprint density at radius 2 is 2.11 bits per heavy atom. The zero-order valence-corrected chi connectivity index (χ0v) is 11.6. The third-order valence-corrected chi connectivity index (χ3v) is 3.36. The molecule has 1 aromatic rings. The average Bonchev–Trinajstić information content (AvgIpc) is 2.38. The van der Waals surface area contributed by atoms with Gasteiger partial charge >= 0.3 is 5.97 Å². The number of carboxylic acids is 1. The van der Waals surface area contributed by atoms with E-state index in [9.17, 15) is 9.59 Å². The number of benzene rings is 1. The molecule has 0 saturated heterocycles. The van der Waals surface area contributed by atoms with Gasteiger partial charge in [-0.2, -0.15) is 0 Å². The van der Waals surface area contributed by atoms with E-state index in [0.29, 0.717) is 0 Å². The van der Waals surface area contributed by atoms with Crippen LogP contribution in [-0.4, -0.2) is 23.0 Å². The van der Waals surface area contributed by atoms with Gasteiger partial charge in [0, 0.05) is 0 Å². The van der Waals surface area contributed by atoms with Crippen molar-refractivity contribution in [2.75, 3.05) is 5.32 Å². The predicted octanol–water partition coefficient (Wildman–Crippen LogP) is 2.35. The number of aromatic carboxylic acids is 1. The SMILES string of the molecule is CC[C@H](C)[C@H](N)C(=O)Nc1cc(C(=O)O)ccc1Cl. The fraction of sp³-hybridized carbons (Fsp3) is 0.385. The Morgan fingerprint density at radius 3 is 2.63 bits per heavy atom. The summed E-state index contributed by atoms with van der Waals surface area (Å²) >= 11 is 5.91. The van der Waals surface area contributed by atoms with E-state index >= 15 is 0 Å². The minimum Gasteiger partial charge on any atom is -0.478 e. The van der Waals surface area contributed by atoms with Crippen molar-refractivity contribution in [1.82, 2.24) is 0 Å². The molecule has 0 saturated carbocycles. The van der Waals surface area contributed by atoms with Gasteiger partial charge in [0.1, 0.15) is 0 Å². The Labute approximate surface area is 116 Å². The molecule has 0 bridgehead atoms. The summed E-state index contributed by atoms with van der Waals surface area (Å²) in [7, 11) is 0. The fourth-order valence-electron chi connectivity index (χ4n) is 1.48. The summed E-state index contributed by atoms with van der Waals surface area (Å²) in [5.74, 6) is -1.43. The third-order valence-electron chi connectivity index (χ3n) is 3.03. The summed E-state index contributed by atoms with van der Waals surface area (Å²) in [4.78, 5) is 22.8. The number of amides is 1. The first-order valence-corrected chi connectivity index (χ1v) is 6.33. The molecule has 0 aromatic heterocycles. The number of hydrogen-bond donors (Lipinski definition) is 3. The smallest absolute Gasteiger partial charge is 0.335 e. The van der Waals surface area contributed by atoms with Crippen molar-refractivity contribution in [2.24, 2.45) is 11.7 Å². The normalized spacial score (nSPS) is 13.7.